The van der Waals surface area contributed by atoms with E-state index >= 15 is 0 Å². The summed E-state index contributed by atoms with van der Waals surface area (Å²) in [5.41, 5.74) is -3.44. The molecule has 0 saturated carbocycles. The summed E-state index contributed by atoms with van der Waals surface area (Å²) in [7, 11) is 2.08. The largest absolute Gasteiger partial charge is 0.438 e. The molecule has 0 atom stereocenters. The van der Waals surface area contributed by atoms with Crippen LogP contribution in [0.2, 0.25) is 0 Å². The first-order valence-corrected chi connectivity index (χ1v) is 9.16. The van der Waals surface area contributed by atoms with Crippen LogP contribution in [0, 0.1) is 24.1 Å². The number of alkyl halides is 3. The number of rotatable bonds is 4. The summed E-state index contributed by atoms with van der Waals surface area (Å²) in [6, 6.07) is 5.54. The summed E-state index contributed by atoms with van der Waals surface area (Å²) in [6.45, 7) is 5.71. The minimum atomic E-state index is -3.08. The van der Waals surface area contributed by atoms with Crippen molar-refractivity contribution in [3.63, 3.8) is 0 Å². The number of H-pyrrole nitrogens is 1. The van der Waals surface area contributed by atoms with Crippen molar-refractivity contribution in [1.29, 1.82) is 5.26 Å². The highest BCUT2D eigenvalue weighted by Crippen LogP contribution is 2.29. The van der Waals surface area contributed by atoms with Gasteiger partial charge in [-0.2, -0.15) is 10.4 Å². The van der Waals surface area contributed by atoms with Crippen molar-refractivity contribution in [2.24, 2.45) is 7.05 Å². The van der Waals surface area contributed by atoms with E-state index in [1.165, 1.54) is 4.68 Å². The lowest BCUT2D eigenvalue weighted by Gasteiger charge is -2.12. The second-order valence-corrected chi connectivity index (χ2v) is 5.77. The minimum Gasteiger partial charge on any atom is -0.438 e. The van der Waals surface area contributed by atoms with E-state index in [1.807, 2.05) is 18.8 Å². The van der Waals surface area contributed by atoms with Crippen LogP contribution in [0.1, 0.15) is 37.2 Å². The summed E-state index contributed by atoms with van der Waals surface area (Å²) in [6.07, 6.45) is -3.08. The highest BCUT2D eigenvalue weighted by Gasteiger charge is 2.19. The Bertz CT molecular complexity index is 1190. The fraction of sp³-hybridized carbons (Fsp3) is 0.300. The summed E-state index contributed by atoms with van der Waals surface area (Å²) < 4.78 is 56.7. The van der Waals surface area contributed by atoms with Gasteiger partial charge in [0.15, 0.2) is 0 Å². The van der Waals surface area contributed by atoms with Crippen molar-refractivity contribution in [3.05, 3.63) is 67.9 Å². The van der Waals surface area contributed by atoms with Crippen molar-refractivity contribution in [3.8, 4) is 23.4 Å². The normalized spacial score (nSPS) is 9.91. The van der Waals surface area contributed by atoms with E-state index in [2.05, 4.69) is 5.10 Å². The number of hydrogen-bond donors (Lipinski definition) is 1. The Labute approximate surface area is 180 Å². The molecule has 8 nitrogen and oxygen atoms in total. The molecule has 2 aromatic heterocycles. The molecular formula is C20H21F4N5O3. The Morgan fingerprint density at radius 2 is 1.78 bits per heavy atom. The van der Waals surface area contributed by atoms with Crippen LogP contribution in [-0.2, 0) is 7.05 Å². The molecule has 3 rings (SSSR count). The zero-order valence-corrected chi connectivity index (χ0v) is 17.9. The van der Waals surface area contributed by atoms with Gasteiger partial charge in [-0.05, 0) is 13.0 Å². The first kappa shape index (κ1) is 26.2. The molecule has 0 aliphatic heterocycles. The molecule has 0 spiro atoms. The van der Waals surface area contributed by atoms with Crippen LogP contribution in [-0.4, -0.2) is 26.5 Å². The number of nitriles is 1. The van der Waals surface area contributed by atoms with Gasteiger partial charge in [-0.25, -0.2) is 27.2 Å². The molecule has 32 heavy (non-hydrogen) atoms. The average Bonchev–Trinajstić information content (AvgIpc) is 3.08. The summed E-state index contributed by atoms with van der Waals surface area (Å²) in [5.74, 6) is -1.01. The van der Waals surface area contributed by atoms with E-state index < -0.39 is 34.9 Å². The zero-order chi connectivity index (χ0) is 24.6. The number of aromatic amines is 1. The summed E-state index contributed by atoms with van der Waals surface area (Å²) >= 11 is 0. The molecule has 1 aromatic carbocycles. The Morgan fingerprint density at radius 3 is 2.25 bits per heavy atom. The number of halogens is 4. The van der Waals surface area contributed by atoms with Gasteiger partial charge >= 0.3 is 5.69 Å². The number of benzene rings is 1. The lowest BCUT2D eigenvalue weighted by Crippen LogP contribution is -2.34. The highest BCUT2D eigenvalue weighted by molar-refractivity contribution is 5.52. The van der Waals surface area contributed by atoms with Gasteiger partial charge in [0.25, 0.3) is 12.0 Å². The molecule has 2 heterocycles. The number of aromatic nitrogens is 4. The Morgan fingerprint density at radius 1 is 1.16 bits per heavy atom. The van der Waals surface area contributed by atoms with Gasteiger partial charge in [0.2, 0.25) is 5.88 Å². The van der Waals surface area contributed by atoms with Crippen LogP contribution in [0.15, 0.2) is 33.9 Å². The number of nitrogens with zero attached hydrogens (tertiary/aromatic N) is 4. The van der Waals surface area contributed by atoms with Crippen LogP contribution < -0.4 is 16.0 Å². The predicted octanol–water partition coefficient (Wildman–Crippen LogP) is 3.92. The molecule has 0 bridgehead atoms. The average molecular weight is 455 g/mol. The molecular weight excluding hydrogens is 434 g/mol. The van der Waals surface area contributed by atoms with Crippen molar-refractivity contribution in [2.45, 2.75) is 27.2 Å². The SMILES string of the molecule is CC.CF.Cc1cc(Oc2cc(-n3c(=O)cc(C(F)F)[nH]c3=O)c(F)cc2C#N)n(C)n1. The van der Waals surface area contributed by atoms with E-state index in [1.54, 1.807) is 26.1 Å². The Balaban J connectivity index is 0.00000121. The van der Waals surface area contributed by atoms with Gasteiger partial charge in [-0.1, -0.05) is 13.8 Å². The van der Waals surface area contributed by atoms with E-state index in [0.717, 1.165) is 12.1 Å². The molecule has 12 heteroatoms. The maximum Gasteiger partial charge on any atom is 0.333 e. The molecule has 0 radical (unpaired) electrons. The van der Waals surface area contributed by atoms with Gasteiger partial charge in [-0.15, -0.1) is 0 Å². The quantitative estimate of drug-likeness (QED) is 0.601. The fourth-order valence-electron chi connectivity index (χ4n) is 2.54. The molecule has 0 fully saturated rings. The number of aryl methyl sites for hydroxylation is 2. The van der Waals surface area contributed by atoms with Gasteiger partial charge < -0.3 is 9.72 Å². The smallest absolute Gasteiger partial charge is 0.333 e. The third-order valence-electron chi connectivity index (χ3n) is 3.77. The molecule has 0 aliphatic rings. The molecule has 0 aliphatic carbocycles. The lowest BCUT2D eigenvalue weighted by molar-refractivity contribution is 0.145. The van der Waals surface area contributed by atoms with Crippen molar-refractivity contribution in [1.82, 2.24) is 19.3 Å². The third kappa shape index (κ3) is 5.63. The molecule has 1 N–H and O–H groups in total. The molecule has 172 valence electrons. The Hall–Kier alpha value is -3.88. The number of hydrogen-bond acceptors (Lipinski definition) is 5. The standard InChI is InChI=1S/C17H12F3N5O3.C2H6.CH3F/c1-8-3-15(24(2)23-8)28-13-6-12(10(18)4-9(13)7-21)25-14(26)5-11(16(19)20)22-17(25)27;2*1-2/h3-6,16H,1-2H3,(H,22,27);1-2H3;1H3. The van der Waals surface area contributed by atoms with Gasteiger partial charge in [0.1, 0.15) is 17.6 Å². The van der Waals surface area contributed by atoms with E-state index in [0.29, 0.717) is 23.5 Å². The zero-order valence-electron chi connectivity index (χ0n) is 17.9. The summed E-state index contributed by atoms with van der Waals surface area (Å²) in [5, 5.41) is 13.3. The minimum absolute atomic E-state index is 0.147. The second kappa shape index (κ2) is 11.5. The molecule has 0 saturated heterocycles. The van der Waals surface area contributed by atoms with Crippen LogP contribution >= 0.6 is 0 Å². The van der Waals surface area contributed by atoms with Crippen LogP contribution in [0.25, 0.3) is 5.69 Å². The maximum atomic E-state index is 14.5. The molecule has 0 amide bonds. The maximum absolute atomic E-state index is 14.5. The second-order valence-electron chi connectivity index (χ2n) is 5.77. The van der Waals surface area contributed by atoms with Gasteiger partial charge in [-0.3, -0.25) is 9.18 Å². The van der Waals surface area contributed by atoms with Crippen LogP contribution in [0.3, 0.4) is 0 Å². The highest BCUT2D eigenvalue weighted by atomic mass is 19.3. The lowest BCUT2D eigenvalue weighted by atomic mass is 10.2. The van der Waals surface area contributed by atoms with E-state index in [-0.39, 0.29) is 17.2 Å². The molecule has 3 aromatic rings. The van der Waals surface area contributed by atoms with E-state index in [9.17, 15) is 32.4 Å². The Kier molecular flexibility index (Phi) is 9.40. The van der Waals surface area contributed by atoms with Gasteiger partial charge in [0, 0.05) is 25.2 Å². The first-order chi connectivity index (χ1) is 15.2. The topological polar surface area (TPSA) is 106 Å². The van der Waals surface area contributed by atoms with Crippen molar-refractivity contribution in [2.75, 3.05) is 7.18 Å². The van der Waals surface area contributed by atoms with Crippen molar-refractivity contribution < 1.29 is 22.3 Å². The monoisotopic (exact) mass is 455 g/mol. The number of nitrogens with one attached hydrogen (secondary N) is 1. The van der Waals surface area contributed by atoms with Crippen LogP contribution in [0.4, 0.5) is 17.6 Å². The summed E-state index contributed by atoms with van der Waals surface area (Å²) in [4.78, 5) is 26.0. The predicted molar refractivity (Wildman–Crippen MR) is 109 cm³/mol. The third-order valence-corrected chi connectivity index (χ3v) is 3.77. The molecule has 0 unspecified atom stereocenters. The van der Waals surface area contributed by atoms with Crippen LogP contribution in [0.5, 0.6) is 11.6 Å². The van der Waals surface area contributed by atoms with E-state index in [4.69, 9.17) is 4.74 Å². The van der Waals surface area contributed by atoms with Crippen molar-refractivity contribution >= 4 is 0 Å². The number of ether oxygens (including phenoxy) is 1. The van der Waals surface area contributed by atoms with Gasteiger partial charge in [0.05, 0.1) is 29.8 Å². The fourth-order valence-corrected chi connectivity index (χ4v) is 2.54. The first-order valence-electron chi connectivity index (χ1n) is 9.16.